The number of rotatable bonds is 5. The quantitative estimate of drug-likeness (QED) is 0.605. The predicted molar refractivity (Wildman–Crippen MR) is 56.5 cm³/mol. The minimum Gasteiger partial charge on any atom is -0.459 e. The lowest BCUT2D eigenvalue weighted by Crippen LogP contribution is -2.10. The molecule has 0 amide bonds. The van der Waals surface area contributed by atoms with E-state index in [1.54, 1.807) is 6.92 Å². The van der Waals surface area contributed by atoms with Crippen molar-refractivity contribution in [2.45, 2.75) is 13.8 Å². The molecule has 1 N–H and O–H groups in total. The Bertz CT molecular complexity index is 382. The van der Waals surface area contributed by atoms with Gasteiger partial charge in [-0.2, -0.15) is 0 Å². The van der Waals surface area contributed by atoms with Crippen molar-refractivity contribution in [1.82, 2.24) is 4.98 Å². The van der Waals surface area contributed by atoms with Crippen molar-refractivity contribution >= 4 is 17.3 Å². The van der Waals surface area contributed by atoms with Crippen molar-refractivity contribution in [3.05, 3.63) is 20.2 Å². The maximum absolute atomic E-state index is 11.4. The minimum atomic E-state index is -0.476. The fraction of sp³-hybridized carbons (Fsp3) is 0.556. The van der Waals surface area contributed by atoms with Crippen LogP contribution in [0.25, 0.3) is 0 Å². The van der Waals surface area contributed by atoms with Crippen LogP contribution in [-0.2, 0) is 9.47 Å². The van der Waals surface area contributed by atoms with E-state index in [4.69, 9.17) is 9.47 Å². The van der Waals surface area contributed by atoms with Crippen molar-refractivity contribution in [3.8, 4) is 0 Å². The molecule has 1 aromatic rings. The Kier molecular flexibility index (Phi) is 4.51. The van der Waals surface area contributed by atoms with Crippen LogP contribution in [0.3, 0.4) is 0 Å². The molecule has 6 heteroatoms. The molecule has 0 radical (unpaired) electrons. The van der Waals surface area contributed by atoms with Crippen LogP contribution in [0.2, 0.25) is 0 Å². The van der Waals surface area contributed by atoms with Gasteiger partial charge in [0.1, 0.15) is 11.5 Å². The first-order valence-electron chi connectivity index (χ1n) is 4.59. The lowest BCUT2D eigenvalue weighted by Gasteiger charge is -2.03. The number of nitrogens with one attached hydrogen (secondary N) is 1. The topological polar surface area (TPSA) is 68.4 Å². The third-order valence-corrected chi connectivity index (χ3v) is 2.64. The number of aromatic amines is 1. The van der Waals surface area contributed by atoms with Gasteiger partial charge in [-0.25, -0.2) is 4.79 Å². The van der Waals surface area contributed by atoms with Gasteiger partial charge in [-0.15, -0.1) is 0 Å². The third-order valence-electron chi connectivity index (χ3n) is 1.68. The molecule has 0 unspecified atom stereocenters. The number of hydrogen-bond donors (Lipinski definition) is 1. The summed E-state index contributed by atoms with van der Waals surface area (Å²) in [4.78, 5) is 24.9. The predicted octanol–water partition coefficient (Wildman–Crippen LogP) is 0.938. The lowest BCUT2D eigenvalue weighted by atomic mass is 10.4. The highest BCUT2D eigenvalue weighted by Crippen LogP contribution is 2.09. The second-order valence-corrected chi connectivity index (χ2v) is 3.78. The van der Waals surface area contributed by atoms with Crippen LogP contribution < -0.4 is 4.87 Å². The molecular weight excluding hydrogens is 218 g/mol. The molecule has 15 heavy (non-hydrogen) atoms. The number of aryl methyl sites for hydroxylation is 1. The molecule has 0 aliphatic heterocycles. The Balaban J connectivity index is 2.47. The smallest absolute Gasteiger partial charge is 0.350 e. The second kappa shape index (κ2) is 5.67. The molecule has 0 saturated carbocycles. The summed E-state index contributed by atoms with van der Waals surface area (Å²) >= 11 is 0.860. The molecule has 1 heterocycles. The Morgan fingerprint density at radius 3 is 2.73 bits per heavy atom. The van der Waals surface area contributed by atoms with Gasteiger partial charge in [0.15, 0.2) is 0 Å². The molecule has 0 fully saturated rings. The third kappa shape index (κ3) is 3.49. The number of H-pyrrole nitrogens is 1. The van der Waals surface area contributed by atoms with Crippen LogP contribution in [0, 0.1) is 6.92 Å². The normalized spacial score (nSPS) is 10.3. The van der Waals surface area contributed by atoms with E-state index in [9.17, 15) is 9.59 Å². The number of ether oxygens (including phenoxy) is 2. The maximum Gasteiger partial charge on any atom is 0.350 e. The average Bonchev–Trinajstić information content (AvgIpc) is 2.52. The van der Waals surface area contributed by atoms with E-state index >= 15 is 0 Å². The van der Waals surface area contributed by atoms with Crippen LogP contribution in [0.5, 0.6) is 0 Å². The number of carbonyl (C=O) groups excluding carboxylic acids is 1. The van der Waals surface area contributed by atoms with Gasteiger partial charge >= 0.3 is 10.8 Å². The zero-order valence-corrected chi connectivity index (χ0v) is 9.48. The zero-order chi connectivity index (χ0) is 11.3. The fourth-order valence-corrected chi connectivity index (χ4v) is 1.74. The Hall–Kier alpha value is -1.14. The summed E-state index contributed by atoms with van der Waals surface area (Å²) in [5.74, 6) is -0.476. The molecule has 0 saturated heterocycles. The van der Waals surface area contributed by atoms with E-state index in [2.05, 4.69) is 4.98 Å². The summed E-state index contributed by atoms with van der Waals surface area (Å²) in [6.07, 6.45) is 0. The zero-order valence-electron chi connectivity index (χ0n) is 8.66. The molecule has 1 aromatic heterocycles. The SMILES string of the molecule is CCOCCOC(=O)c1sc(=O)[nH]c1C. The Morgan fingerprint density at radius 1 is 1.47 bits per heavy atom. The first kappa shape index (κ1) is 11.9. The molecule has 0 bridgehead atoms. The van der Waals surface area contributed by atoms with Gasteiger partial charge in [-0.1, -0.05) is 11.3 Å². The number of aromatic nitrogens is 1. The van der Waals surface area contributed by atoms with E-state index in [-0.39, 0.29) is 11.5 Å². The van der Waals surface area contributed by atoms with Crippen molar-refractivity contribution in [1.29, 1.82) is 0 Å². The second-order valence-electron chi connectivity index (χ2n) is 2.80. The maximum atomic E-state index is 11.4. The summed E-state index contributed by atoms with van der Waals surface area (Å²) in [5, 5.41) is 0. The van der Waals surface area contributed by atoms with E-state index in [0.29, 0.717) is 23.8 Å². The fourth-order valence-electron chi connectivity index (χ4n) is 1.00. The van der Waals surface area contributed by atoms with Gasteiger partial charge in [0.2, 0.25) is 0 Å². The largest absolute Gasteiger partial charge is 0.459 e. The molecule has 0 aliphatic carbocycles. The Morgan fingerprint density at radius 2 is 2.20 bits per heavy atom. The number of hydrogen-bond acceptors (Lipinski definition) is 5. The standard InChI is InChI=1S/C9H13NO4S/c1-3-13-4-5-14-8(11)7-6(2)10-9(12)15-7/h3-5H2,1-2H3,(H,10,12). The van der Waals surface area contributed by atoms with Crippen LogP contribution in [0.1, 0.15) is 22.3 Å². The lowest BCUT2D eigenvalue weighted by molar-refractivity contribution is 0.0339. The highest BCUT2D eigenvalue weighted by atomic mass is 32.1. The van der Waals surface area contributed by atoms with Crippen molar-refractivity contribution < 1.29 is 14.3 Å². The summed E-state index contributed by atoms with van der Waals surface area (Å²) in [5.41, 5.74) is 0.548. The molecule has 0 spiro atoms. The summed E-state index contributed by atoms with van der Waals surface area (Å²) in [7, 11) is 0. The Labute approximate surface area is 91.0 Å². The van der Waals surface area contributed by atoms with Crippen LogP contribution in [-0.4, -0.2) is 30.8 Å². The molecule has 0 aromatic carbocycles. The van der Waals surface area contributed by atoms with Gasteiger partial charge < -0.3 is 14.5 Å². The van der Waals surface area contributed by atoms with Crippen molar-refractivity contribution in [3.63, 3.8) is 0 Å². The van der Waals surface area contributed by atoms with E-state index in [1.165, 1.54) is 0 Å². The first-order valence-corrected chi connectivity index (χ1v) is 5.41. The molecule has 5 nitrogen and oxygen atoms in total. The summed E-state index contributed by atoms with van der Waals surface area (Å²) in [6, 6.07) is 0. The van der Waals surface area contributed by atoms with Gasteiger partial charge in [0.25, 0.3) is 0 Å². The summed E-state index contributed by atoms with van der Waals surface area (Å²) in [6.45, 7) is 4.70. The van der Waals surface area contributed by atoms with E-state index in [0.717, 1.165) is 11.3 Å². The van der Waals surface area contributed by atoms with Crippen LogP contribution in [0.15, 0.2) is 4.79 Å². The van der Waals surface area contributed by atoms with E-state index in [1.807, 2.05) is 6.92 Å². The highest BCUT2D eigenvalue weighted by molar-refractivity contribution is 7.11. The monoisotopic (exact) mass is 231 g/mol. The molecule has 0 aliphatic rings. The number of carbonyl (C=O) groups is 1. The van der Waals surface area contributed by atoms with Gasteiger partial charge in [-0.05, 0) is 13.8 Å². The van der Waals surface area contributed by atoms with Crippen molar-refractivity contribution in [2.75, 3.05) is 19.8 Å². The van der Waals surface area contributed by atoms with Gasteiger partial charge in [0, 0.05) is 12.3 Å². The molecule has 1 rings (SSSR count). The summed E-state index contributed by atoms with van der Waals surface area (Å²) < 4.78 is 9.92. The van der Waals surface area contributed by atoms with Crippen LogP contribution in [0.4, 0.5) is 0 Å². The van der Waals surface area contributed by atoms with Crippen molar-refractivity contribution in [2.24, 2.45) is 0 Å². The molecule has 84 valence electrons. The molecular formula is C9H13NO4S. The minimum absolute atomic E-state index is 0.207. The first-order chi connectivity index (χ1) is 7.15. The van der Waals surface area contributed by atoms with E-state index < -0.39 is 5.97 Å². The van der Waals surface area contributed by atoms with Crippen LogP contribution >= 0.6 is 11.3 Å². The van der Waals surface area contributed by atoms with Gasteiger partial charge in [0.05, 0.1) is 6.61 Å². The average molecular weight is 231 g/mol. The number of thiazole rings is 1. The highest BCUT2D eigenvalue weighted by Gasteiger charge is 2.14. The number of esters is 1. The molecule has 0 atom stereocenters. The van der Waals surface area contributed by atoms with Gasteiger partial charge in [-0.3, -0.25) is 4.79 Å².